The van der Waals surface area contributed by atoms with Gasteiger partial charge in [-0.05, 0) is 42.0 Å². The number of aliphatic hydroxyl groups excluding tert-OH is 2. The molecule has 0 saturated carbocycles. The van der Waals surface area contributed by atoms with Gasteiger partial charge in [-0.2, -0.15) is 0 Å². The molecule has 0 fully saturated rings. The third-order valence-corrected chi connectivity index (χ3v) is 4.60. The summed E-state index contributed by atoms with van der Waals surface area (Å²) in [6.07, 6.45) is 1.29. The Morgan fingerprint density at radius 2 is 1.62 bits per heavy atom. The van der Waals surface area contributed by atoms with Crippen molar-refractivity contribution in [3.8, 4) is 0 Å². The SMILES string of the molecule is O=C(Cc1ccc(NC(=O)c2nc[nH]c2C(=O)NC(CO)CO)cc1)c1ccc(F)cc1. The molecular weight excluding hydrogens is 419 g/mol. The number of carbonyl (C=O) groups is 3. The van der Waals surface area contributed by atoms with E-state index in [-0.39, 0.29) is 23.6 Å². The molecule has 0 aliphatic heterocycles. The van der Waals surface area contributed by atoms with Crippen LogP contribution in [-0.2, 0) is 6.42 Å². The lowest BCUT2D eigenvalue weighted by Crippen LogP contribution is -2.40. The highest BCUT2D eigenvalue weighted by atomic mass is 19.1. The number of Topliss-reactive ketones (excluding diaryl/α,β-unsaturated/α-hetero) is 1. The van der Waals surface area contributed by atoms with Crippen molar-refractivity contribution < 1.29 is 29.0 Å². The summed E-state index contributed by atoms with van der Waals surface area (Å²) in [5, 5.41) is 23.2. The van der Waals surface area contributed by atoms with Crippen LogP contribution >= 0.6 is 0 Å². The number of nitrogens with one attached hydrogen (secondary N) is 3. The molecule has 0 saturated heterocycles. The van der Waals surface area contributed by atoms with Crippen LogP contribution in [0.4, 0.5) is 10.1 Å². The molecule has 3 aromatic rings. The highest BCUT2D eigenvalue weighted by Crippen LogP contribution is 2.15. The van der Waals surface area contributed by atoms with Gasteiger partial charge in [0.05, 0.1) is 25.6 Å². The average Bonchev–Trinajstić information content (AvgIpc) is 3.29. The number of aromatic amines is 1. The Labute approximate surface area is 182 Å². The second-order valence-corrected chi connectivity index (χ2v) is 6.92. The Hall–Kier alpha value is -3.89. The van der Waals surface area contributed by atoms with E-state index in [0.29, 0.717) is 16.8 Å². The number of amides is 2. The summed E-state index contributed by atoms with van der Waals surface area (Å²) in [4.78, 5) is 43.5. The van der Waals surface area contributed by atoms with E-state index in [0.717, 1.165) is 0 Å². The number of hydrogen-bond donors (Lipinski definition) is 5. The van der Waals surface area contributed by atoms with Crippen molar-refractivity contribution in [1.29, 1.82) is 0 Å². The molecule has 2 aromatic carbocycles. The summed E-state index contributed by atoms with van der Waals surface area (Å²) >= 11 is 0. The van der Waals surface area contributed by atoms with Crippen LogP contribution in [0.3, 0.4) is 0 Å². The first-order chi connectivity index (χ1) is 15.4. The number of ketones is 1. The third kappa shape index (κ3) is 5.62. The Kier molecular flexibility index (Phi) is 7.42. The number of halogens is 1. The summed E-state index contributed by atoms with van der Waals surface area (Å²) in [6.45, 7) is -0.929. The molecule has 166 valence electrons. The summed E-state index contributed by atoms with van der Waals surface area (Å²) in [7, 11) is 0. The van der Waals surface area contributed by atoms with Crippen molar-refractivity contribution in [1.82, 2.24) is 15.3 Å². The van der Waals surface area contributed by atoms with Gasteiger partial charge in [0.2, 0.25) is 0 Å². The molecule has 1 heterocycles. The molecule has 0 unspecified atom stereocenters. The van der Waals surface area contributed by atoms with Gasteiger partial charge < -0.3 is 25.8 Å². The number of anilines is 1. The maximum atomic E-state index is 13.0. The van der Waals surface area contributed by atoms with E-state index < -0.39 is 36.9 Å². The standard InChI is InChI=1S/C22H21FN4O5/c23-15-5-3-14(4-6-15)18(30)9-13-1-7-16(8-2-13)26-21(31)19-20(25-12-24-19)22(32)27-17(10-28)11-29/h1-8,12,17,28-29H,9-11H2,(H,24,25)(H,26,31)(H,27,32). The van der Waals surface area contributed by atoms with E-state index in [9.17, 15) is 18.8 Å². The fourth-order valence-corrected chi connectivity index (χ4v) is 2.87. The van der Waals surface area contributed by atoms with E-state index in [1.165, 1.54) is 30.6 Å². The minimum absolute atomic E-state index is 0.112. The van der Waals surface area contributed by atoms with Crippen LogP contribution < -0.4 is 10.6 Å². The minimum atomic E-state index is -0.869. The van der Waals surface area contributed by atoms with E-state index in [1.807, 2.05) is 0 Å². The minimum Gasteiger partial charge on any atom is -0.394 e. The number of H-pyrrole nitrogens is 1. The molecule has 0 atom stereocenters. The molecule has 10 heteroatoms. The number of nitrogens with zero attached hydrogens (tertiary/aromatic N) is 1. The molecular formula is C22H21FN4O5. The fraction of sp³-hybridized carbons (Fsp3) is 0.182. The molecule has 0 bridgehead atoms. The van der Waals surface area contributed by atoms with Crippen LogP contribution in [0.15, 0.2) is 54.9 Å². The predicted molar refractivity (Wildman–Crippen MR) is 113 cm³/mol. The van der Waals surface area contributed by atoms with Gasteiger partial charge in [0.25, 0.3) is 11.8 Å². The Balaban J connectivity index is 1.63. The molecule has 1 aromatic heterocycles. The van der Waals surface area contributed by atoms with Crippen LogP contribution in [0, 0.1) is 5.82 Å². The molecule has 32 heavy (non-hydrogen) atoms. The van der Waals surface area contributed by atoms with E-state index in [4.69, 9.17) is 10.2 Å². The lowest BCUT2D eigenvalue weighted by Gasteiger charge is -2.13. The maximum absolute atomic E-state index is 13.0. The third-order valence-electron chi connectivity index (χ3n) is 4.60. The zero-order valence-electron chi connectivity index (χ0n) is 16.8. The molecule has 2 amide bonds. The van der Waals surface area contributed by atoms with E-state index in [2.05, 4.69) is 20.6 Å². The topological polar surface area (TPSA) is 144 Å². The van der Waals surface area contributed by atoms with Crippen molar-refractivity contribution in [2.75, 3.05) is 18.5 Å². The van der Waals surface area contributed by atoms with Gasteiger partial charge in [-0.25, -0.2) is 9.37 Å². The summed E-state index contributed by atoms with van der Waals surface area (Å²) in [5.74, 6) is -1.93. The van der Waals surface area contributed by atoms with Crippen molar-refractivity contribution in [3.63, 3.8) is 0 Å². The Morgan fingerprint density at radius 1 is 0.969 bits per heavy atom. The van der Waals surface area contributed by atoms with Crippen LogP contribution in [0.25, 0.3) is 0 Å². The summed E-state index contributed by atoms with van der Waals surface area (Å²) in [6, 6.07) is 11.0. The second-order valence-electron chi connectivity index (χ2n) is 6.92. The fourth-order valence-electron chi connectivity index (χ4n) is 2.87. The van der Waals surface area contributed by atoms with Gasteiger partial charge in [0, 0.05) is 17.7 Å². The first-order valence-corrected chi connectivity index (χ1v) is 9.66. The largest absolute Gasteiger partial charge is 0.394 e. The summed E-state index contributed by atoms with van der Waals surface area (Å²) < 4.78 is 13.0. The van der Waals surface area contributed by atoms with Crippen LogP contribution in [0.5, 0.6) is 0 Å². The number of aliphatic hydroxyl groups is 2. The Morgan fingerprint density at radius 3 is 2.25 bits per heavy atom. The highest BCUT2D eigenvalue weighted by Gasteiger charge is 2.22. The quantitative estimate of drug-likeness (QED) is 0.317. The molecule has 0 spiro atoms. The summed E-state index contributed by atoms with van der Waals surface area (Å²) in [5.41, 5.74) is 1.25. The zero-order valence-corrected chi connectivity index (χ0v) is 16.8. The lowest BCUT2D eigenvalue weighted by molar-refractivity contribution is 0.0868. The van der Waals surface area contributed by atoms with Gasteiger partial charge in [0.1, 0.15) is 11.5 Å². The maximum Gasteiger partial charge on any atom is 0.276 e. The highest BCUT2D eigenvalue weighted by molar-refractivity contribution is 6.10. The van der Waals surface area contributed by atoms with Gasteiger partial charge >= 0.3 is 0 Å². The second kappa shape index (κ2) is 10.4. The zero-order chi connectivity index (χ0) is 23.1. The normalized spacial score (nSPS) is 10.8. The molecule has 0 radical (unpaired) electrons. The molecule has 0 aliphatic rings. The number of imidazole rings is 1. The molecule has 0 aliphatic carbocycles. The van der Waals surface area contributed by atoms with Crippen molar-refractivity contribution in [2.24, 2.45) is 0 Å². The van der Waals surface area contributed by atoms with Gasteiger partial charge in [-0.3, -0.25) is 14.4 Å². The monoisotopic (exact) mass is 440 g/mol. The lowest BCUT2D eigenvalue weighted by atomic mass is 10.0. The van der Waals surface area contributed by atoms with E-state index >= 15 is 0 Å². The predicted octanol–water partition coefficient (Wildman–Crippen LogP) is 1.31. The van der Waals surface area contributed by atoms with E-state index in [1.54, 1.807) is 24.3 Å². The van der Waals surface area contributed by atoms with Gasteiger partial charge in [0.15, 0.2) is 11.5 Å². The van der Waals surface area contributed by atoms with Crippen molar-refractivity contribution in [2.45, 2.75) is 12.5 Å². The Bertz CT molecular complexity index is 1090. The number of hydrogen-bond acceptors (Lipinski definition) is 6. The number of carbonyl (C=O) groups excluding carboxylic acids is 3. The van der Waals surface area contributed by atoms with Crippen molar-refractivity contribution >= 4 is 23.3 Å². The molecule has 9 nitrogen and oxygen atoms in total. The van der Waals surface area contributed by atoms with Crippen molar-refractivity contribution in [3.05, 3.63) is 83.2 Å². The van der Waals surface area contributed by atoms with Crippen LogP contribution in [0.2, 0.25) is 0 Å². The smallest absolute Gasteiger partial charge is 0.276 e. The number of benzene rings is 2. The first-order valence-electron chi connectivity index (χ1n) is 9.66. The van der Waals surface area contributed by atoms with Gasteiger partial charge in [-0.1, -0.05) is 12.1 Å². The van der Waals surface area contributed by atoms with Gasteiger partial charge in [-0.15, -0.1) is 0 Å². The van der Waals surface area contributed by atoms with Crippen LogP contribution in [0.1, 0.15) is 36.9 Å². The molecule has 5 N–H and O–H groups in total. The average molecular weight is 440 g/mol. The number of rotatable bonds is 9. The first kappa shape index (κ1) is 22.8. The number of aromatic nitrogens is 2. The molecule has 3 rings (SSSR count). The van der Waals surface area contributed by atoms with Crippen LogP contribution in [-0.4, -0.2) is 57.0 Å².